The van der Waals surface area contributed by atoms with Crippen molar-refractivity contribution in [2.45, 2.75) is 76.7 Å². The van der Waals surface area contributed by atoms with Gasteiger partial charge in [-0.2, -0.15) is 5.10 Å². The van der Waals surface area contributed by atoms with Crippen LogP contribution >= 0.6 is 0 Å². The molecule has 7 nitrogen and oxygen atoms in total. The Morgan fingerprint density at radius 2 is 1.82 bits per heavy atom. The van der Waals surface area contributed by atoms with Gasteiger partial charge in [0.2, 0.25) is 6.41 Å². The SMILES string of the molecule is Cc1cc(-n2cc(-c3cncc(NC4CCN(C5CCC5)CC4F)c3)cn2)c(C)cc1F.O=CNC1CC1. The minimum absolute atomic E-state index is 0.198. The molecule has 2 unspecified atom stereocenters. The Hall–Kier alpha value is -3.33. The monoisotopic (exact) mass is 522 g/mol. The number of benzene rings is 1. The van der Waals surface area contributed by atoms with Crippen LogP contribution in [0, 0.1) is 19.7 Å². The number of alkyl halides is 1. The molecule has 1 saturated heterocycles. The number of aromatic nitrogens is 3. The van der Waals surface area contributed by atoms with Gasteiger partial charge in [0.15, 0.2) is 0 Å². The van der Waals surface area contributed by atoms with Crippen molar-refractivity contribution in [3.63, 3.8) is 0 Å². The molecule has 2 aliphatic carbocycles. The average Bonchev–Trinajstić information content (AvgIpc) is 3.55. The lowest BCUT2D eigenvalue weighted by atomic mass is 9.89. The highest BCUT2D eigenvalue weighted by Crippen LogP contribution is 2.30. The van der Waals surface area contributed by atoms with Crippen molar-refractivity contribution >= 4 is 12.1 Å². The van der Waals surface area contributed by atoms with Gasteiger partial charge in [-0.3, -0.25) is 14.7 Å². The van der Waals surface area contributed by atoms with E-state index in [1.54, 1.807) is 36.3 Å². The summed E-state index contributed by atoms with van der Waals surface area (Å²) < 4.78 is 30.4. The summed E-state index contributed by atoms with van der Waals surface area (Å²) in [5, 5.41) is 10.5. The summed E-state index contributed by atoms with van der Waals surface area (Å²) in [5.41, 5.74) is 4.86. The van der Waals surface area contributed by atoms with Crippen molar-refractivity contribution < 1.29 is 13.6 Å². The minimum Gasteiger partial charge on any atom is -0.378 e. The number of aryl methyl sites for hydroxylation is 2. The molecule has 2 N–H and O–H groups in total. The number of hydrogen-bond donors (Lipinski definition) is 2. The quantitative estimate of drug-likeness (QED) is 0.429. The maximum absolute atomic E-state index is 14.9. The van der Waals surface area contributed by atoms with Gasteiger partial charge in [0.25, 0.3) is 0 Å². The van der Waals surface area contributed by atoms with E-state index in [2.05, 4.69) is 25.6 Å². The van der Waals surface area contributed by atoms with Crippen LogP contribution in [0.5, 0.6) is 0 Å². The average molecular weight is 523 g/mol. The fourth-order valence-corrected chi connectivity index (χ4v) is 5.03. The molecule has 9 heteroatoms. The first kappa shape index (κ1) is 26.3. The predicted molar refractivity (Wildman–Crippen MR) is 145 cm³/mol. The number of carbonyl (C=O) groups excluding carboxylic acids is 1. The lowest BCUT2D eigenvalue weighted by Crippen LogP contribution is -2.53. The third-order valence-electron chi connectivity index (χ3n) is 7.78. The Balaban J connectivity index is 0.000000433. The van der Waals surface area contributed by atoms with Crippen LogP contribution in [0.3, 0.4) is 0 Å². The molecule has 3 aromatic rings. The zero-order valence-corrected chi connectivity index (χ0v) is 22.0. The molecule has 3 heterocycles. The fourth-order valence-electron chi connectivity index (χ4n) is 5.03. The molecule has 3 fully saturated rings. The second kappa shape index (κ2) is 11.6. The highest BCUT2D eigenvalue weighted by Gasteiger charge is 2.34. The van der Waals surface area contributed by atoms with Gasteiger partial charge in [0, 0.05) is 54.9 Å². The molecule has 1 aliphatic heterocycles. The van der Waals surface area contributed by atoms with Crippen molar-refractivity contribution in [2.24, 2.45) is 0 Å². The zero-order valence-electron chi connectivity index (χ0n) is 22.0. The highest BCUT2D eigenvalue weighted by molar-refractivity contribution is 5.66. The first-order chi connectivity index (χ1) is 18.4. The molecule has 38 heavy (non-hydrogen) atoms. The Labute approximate surface area is 222 Å². The fraction of sp³-hybridized carbons (Fsp3) is 0.483. The number of amides is 1. The van der Waals surface area contributed by atoms with Gasteiger partial charge in [-0.05, 0) is 75.3 Å². The van der Waals surface area contributed by atoms with Crippen molar-refractivity contribution in [2.75, 3.05) is 18.4 Å². The first-order valence-corrected chi connectivity index (χ1v) is 13.5. The van der Waals surface area contributed by atoms with Gasteiger partial charge < -0.3 is 10.6 Å². The molecule has 0 bridgehead atoms. The minimum atomic E-state index is -0.888. The van der Waals surface area contributed by atoms with Crippen molar-refractivity contribution in [3.05, 3.63) is 59.9 Å². The van der Waals surface area contributed by atoms with Crippen LogP contribution in [0.15, 0.2) is 43.0 Å². The third kappa shape index (κ3) is 6.20. The number of piperidine rings is 1. The van der Waals surface area contributed by atoms with Crippen molar-refractivity contribution in [1.82, 2.24) is 25.0 Å². The molecule has 0 spiro atoms. The molecule has 202 valence electrons. The zero-order chi connectivity index (χ0) is 26.6. The van der Waals surface area contributed by atoms with Crippen LogP contribution in [0.25, 0.3) is 16.8 Å². The van der Waals surface area contributed by atoms with Crippen molar-refractivity contribution in [1.29, 1.82) is 0 Å². The molecule has 2 aromatic heterocycles. The van der Waals surface area contributed by atoms with E-state index < -0.39 is 6.17 Å². The molecule has 6 rings (SSSR count). The van der Waals surface area contributed by atoms with E-state index >= 15 is 0 Å². The molecular formula is C29H36F2N6O. The Kier molecular flexibility index (Phi) is 8.02. The molecule has 0 radical (unpaired) electrons. The lowest BCUT2D eigenvalue weighted by Gasteiger charge is -2.43. The number of carbonyl (C=O) groups is 1. The maximum atomic E-state index is 14.9. The standard InChI is InChI=1S/C25H29F2N5.C4H7NO/c1-16-9-25(17(2)8-22(16)26)32-14-19(12-29-32)18-10-20(13-28-11-18)30-24-6-7-31(15-23(24)27)21-4-3-5-21;6-3-5-4-1-2-4/h8-14,21,23-24,30H,3-7,15H2,1-2H3;3-4H,1-2H2,(H,5,6). The second-order valence-corrected chi connectivity index (χ2v) is 10.7. The van der Waals surface area contributed by atoms with E-state index in [9.17, 15) is 13.6 Å². The second-order valence-electron chi connectivity index (χ2n) is 10.7. The molecule has 1 aromatic carbocycles. The molecule has 2 atom stereocenters. The Morgan fingerprint density at radius 1 is 1.00 bits per heavy atom. The summed E-state index contributed by atoms with van der Waals surface area (Å²) >= 11 is 0. The van der Waals surface area contributed by atoms with Crippen LogP contribution in [0.4, 0.5) is 14.5 Å². The summed E-state index contributed by atoms with van der Waals surface area (Å²) in [6.07, 6.45) is 13.9. The number of likely N-dealkylation sites (tertiary alicyclic amines) is 1. The summed E-state index contributed by atoms with van der Waals surface area (Å²) in [6, 6.07) is 6.24. The van der Waals surface area contributed by atoms with Crippen LogP contribution in [-0.2, 0) is 4.79 Å². The maximum Gasteiger partial charge on any atom is 0.207 e. The number of rotatable bonds is 7. The largest absolute Gasteiger partial charge is 0.378 e. The van der Waals surface area contributed by atoms with Gasteiger partial charge in [0.1, 0.15) is 12.0 Å². The van der Waals surface area contributed by atoms with E-state index in [0.29, 0.717) is 24.2 Å². The van der Waals surface area contributed by atoms with Crippen LogP contribution in [0.1, 0.15) is 49.7 Å². The van der Waals surface area contributed by atoms with E-state index in [-0.39, 0.29) is 11.9 Å². The van der Waals surface area contributed by atoms with Gasteiger partial charge in [-0.25, -0.2) is 13.5 Å². The molecular weight excluding hydrogens is 486 g/mol. The van der Waals surface area contributed by atoms with E-state index in [1.807, 2.05) is 19.2 Å². The first-order valence-electron chi connectivity index (χ1n) is 13.5. The summed E-state index contributed by atoms with van der Waals surface area (Å²) in [7, 11) is 0. The van der Waals surface area contributed by atoms with Crippen LogP contribution in [-0.4, -0.2) is 63.5 Å². The van der Waals surface area contributed by atoms with Gasteiger partial charge in [-0.15, -0.1) is 0 Å². The van der Waals surface area contributed by atoms with Gasteiger partial charge >= 0.3 is 0 Å². The normalized spacial score (nSPS) is 21.7. The molecule has 3 aliphatic rings. The third-order valence-corrected chi connectivity index (χ3v) is 7.78. The Morgan fingerprint density at radius 3 is 2.47 bits per heavy atom. The number of anilines is 1. The van der Waals surface area contributed by atoms with Crippen molar-refractivity contribution in [3.8, 4) is 16.8 Å². The van der Waals surface area contributed by atoms with Gasteiger partial charge in [-0.1, -0.05) is 6.42 Å². The predicted octanol–water partition coefficient (Wildman–Crippen LogP) is 4.96. The number of hydrogen-bond acceptors (Lipinski definition) is 5. The topological polar surface area (TPSA) is 75.1 Å². The van der Waals surface area contributed by atoms with Crippen LogP contribution in [0.2, 0.25) is 0 Å². The highest BCUT2D eigenvalue weighted by atomic mass is 19.1. The lowest BCUT2D eigenvalue weighted by molar-refractivity contribution is -0.109. The number of halogens is 2. The number of pyridine rings is 1. The van der Waals surface area contributed by atoms with E-state index in [1.165, 1.54) is 38.2 Å². The number of nitrogens with zero attached hydrogens (tertiary/aromatic N) is 4. The summed E-state index contributed by atoms with van der Waals surface area (Å²) in [4.78, 5) is 16.2. The van der Waals surface area contributed by atoms with Gasteiger partial charge in [0.05, 0.1) is 23.6 Å². The van der Waals surface area contributed by atoms with E-state index in [4.69, 9.17) is 0 Å². The smallest absolute Gasteiger partial charge is 0.207 e. The Bertz CT molecular complexity index is 1260. The molecule has 1 amide bonds. The number of nitrogens with one attached hydrogen (secondary N) is 2. The molecule has 2 saturated carbocycles. The summed E-state index contributed by atoms with van der Waals surface area (Å²) in [6.45, 7) is 5.07. The van der Waals surface area contributed by atoms with E-state index in [0.717, 1.165) is 47.4 Å². The van der Waals surface area contributed by atoms with Crippen LogP contribution < -0.4 is 10.6 Å². The summed E-state index contributed by atoms with van der Waals surface area (Å²) in [5.74, 6) is -0.216.